The van der Waals surface area contributed by atoms with E-state index in [2.05, 4.69) is 9.71 Å². The van der Waals surface area contributed by atoms with E-state index in [-0.39, 0.29) is 34.5 Å². The van der Waals surface area contributed by atoms with Crippen molar-refractivity contribution in [2.45, 2.75) is 17.9 Å². The van der Waals surface area contributed by atoms with Crippen LogP contribution >= 0.6 is 23.2 Å². The number of sulfonamides is 1. The molecule has 1 N–H and O–H groups in total. The van der Waals surface area contributed by atoms with Crippen molar-refractivity contribution in [3.8, 4) is 0 Å². The number of carbonyl (C=O) groups excluding carboxylic acids is 1. The van der Waals surface area contributed by atoms with Gasteiger partial charge in [-0.15, -0.1) is 0 Å². The number of halogens is 2. The maximum Gasteiger partial charge on any atom is 0.307 e. The summed E-state index contributed by atoms with van der Waals surface area (Å²) < 4.78 is 31.7. The molecule has 1 aromatic carbocycles. The fraction of sp³-hybridized carbons (Fsp3) is 0.200. The smallest absolute Gasteiger partial charge is 0.307 e. The Labute approximate surface area is 149 Å². The summed E-state index contributed by atoms with van der Waals surface area (Å²) in [4.78, 5) is 15.4. The molecule has 0 aliphatic rings. The zero-order valence-electron chi connectivity index (χ0n) is 12.4. The second-order valence-corrected chi connectivity index (χ2v) is 7.20. The molecule has 0 unspecified atom stereocenters. The molecule has 0 saturated carbocycles. The maximum absolute atomic E-state index is 12.2. The minimum absolute atomic E-state index is 0.00716. The van der Waals surface area contributed by atoms with Gasteiger partial charge in [0.2, 0.25) is 10.0 Å². The summed E-state index contributed by atoms with van der Waals surface area (Å²) >= 11 is 11.7. The molecule has 0 aliphatic heterocycles. The predicted octanol–water partition coefficient (Wildman–Crippen LogP) is 2.80. The highest BCUT2D eigenvalue weighted by Crippen LogP contribution is 2.28. The number of hydrogen-bond donors (Lipinski definition) is 1. The molecule has 128 valence electrons. The van der Waals surface area contributed by atoms with Crippen LogP contribution < -0.4 is 4.72 Å². The molecular weight excluding hydrogens is 375 g/mol. The molecule has 0 atom stereocenters. The lowest BCUT2D eigenvalue weighted by atomic mass is 10.4. The van der Waals surface area contributed by atoms with Crippen LogP contribution in [0.3, 0.4) is 0 Å². The van der Waals surface area contributed by atoms with Crippen molar-refractivity contribution in [3.05, 3.63) is 58.3 Å². The molecule has 0 bridgehead atoms. The van der Waals surface area contributed by atoms with Crippen molar-refractivity contribution < 1.29 is 17.9 Å². The van der Waals surface area contributed by atoms with Crippen LogP contribution in [0.25, 0.3) is 0 Å². The highest BCUT2D eigenvalue weighted by Gasteiger charge is 2.21. The molecule has 24 heavy (non-hydrogen) atoms. The first-order valence-corrected chi connectivity index (χ1v) is 9.13. The van der Waals surface area contributed by atoms with E-state index in [0.717, 1.165) is 0 Å². The average Bonchev–Trinajstić information content (AvgIpc) is 2.53. The van der Waals surface area contributed by atoms with E-state index < -0.39 is 16.0 Å². The van der Waals surface area contributed by atoms with E-state index in [1.807, 2.05) is 0 Å². The van der Waals surface area contributed by atoms with Crippen molar-refractivity contribution in [3.63, 3.8) is 0 Å². The number of hydrogen-bond acceptors (Lipinski definition) is 5. The van der Waals surface area contributed by atoms with Crippen LogP contribution in [-0.4, -0.2) is 25.9 Å². The summed E-state index contributed by atoms with van der Waals surface area (Å²) in [6, 6.07) is 9.62. The van der Waals surface area contributed by atoms with E-state index in [9.17, 15) is 13.2 Å². The van der Waals surface area contributed by atoms with E-state index >= 15 is 0 Å². The molecule has 0 amide bonds. The quantitative estimate of drug-likeness (QED) is 0.736. The molecule has 0 radical (unpaired) electrons. The fourth-order valence-corrected chi connectivity index (χ4v) is 3.98. The normalized spacial score (nSPS) is 11.2. The van der Waals surface area contributed by atoms with Crippen LogP contribution in [0.15, 0.2) is 47.5 Å². The Bertz CT molecular complexity index is 793. The Hall–Kier alpha value is -1.67. The number of benzene rings is 1. The molecule has 1 aromatic heterocycles. The Kier molecular flexibility index (Phi) is 6.56. The Morgan fingerprint density at radius 3 is 2.46 bits per heavy atom. The third-order valence-electron chi connectivity index (χ3n) is 2.92. The topological polar surface area (TPSA) is 85.4 Å². The van der Waals surface area contributed by atoms with Gasteiger partial charge in [0.1, 0.15) is 11.5 Å². The second kappa shape index (κ2) is 8.43. The third kappa shape index (κ3) is 5.17. The lowest BCUT2D eigenvalue weighted by Gasteiger charge is -2.10. The molecule has 9 heteroatoms. The molecule has 2 rings (SSSR count). The first-order chi connectivity index (χ1) is 11.4. The van der Waals surface area contributed by atoms with Crippen LogP contribution in [-0.2, 0) is 26.2 Å². The number of ether oxygens (including phenoxy) is 1. The van der Waals surface area contributed by atoms with E-state index in [0.29, 0.717) is 5.69 Å². The summed E-state index contributed by atoms with van der Waals surface area (Å²) in [6.45, 7) is -0.103. The third-order valence-corrected chi connectivity index (χ3v) is 5.33. The van der Waals surface area contributed by atoms with Crippen molar-refractivity contribution in [2.75, 3.05) is 6.54 Å². The summed E-state index contributed by atoms with van der Waals surface area (Å²) in [5.74, 6) is -0.548. The molecule has 0 fully saturated rings. The first-order valence-electron chi connectivity index (χ1n) is 6.89. The van der Waals surface area contributed by atoms with Gasteiger partial charge in [0.25, 0.3) is 0 Å². The van der Waals surface area contributed by atoms with Gasteiger partial charge in [-0.3, -0.25) is 9.78 Å². The van der Waals surface area contributed by atoms with E-state index in [4.69, 9.17) is 27.9 Å². The van der Waals surface area contributed by atoms with Gasteiger partial charge in [-0.1, -0.05) is 35.3 Å². The summed E-state index contributed by atoms with van der Waals surface area (Å²) in [7, 11) is -3.92. The molecule has 0 saturated heterocycles. The zero-order valence-corrected chi connectivity index (χ0v) is 14.7. The lowest BCUT2D eigenvalue weighted by Crippen LogP contribution is -2.27. The first kappa shape index (κ1) is 18.7. The van der Waals surface area contributed by atoms with Gasteiger partial charge in [-0.05, 0) is 24.3 Å². The number of pyridine rings is 1. The zero-order chi connectivity index (χ0) is 17.6. The lowest BCUT2D eigenvalue weighted by molar-refractivity contribution is -0.144. The van der Waals surface area contributed by atoms with E-state index in [1.165, 1.54) is 12.1 Å². The number of esters is 1. The molecular formula is C15H14Cl2N2O4S. The fourth-order valence-electron chi connectivity index (χ4n) is 1.81. The monoisotopic (exact) mass is 388 g/mol. The predicted molar refractivity (Wildman–Crippen MR) is 90.3 cm³/mol. The van der Waals surface area contributed by atoms with Crippen LogP contribution in [0.5, 0.6) is 0 Å². The minimum Gasteiger partial charge on any atom is -0.459 e. The van der Waals surface area contributed by atoms with Crippen molar-refractivity contribution in [1.82, 2.24) is 9.71 Å². The molecule has 0 aliphatic carbocycles. The summed E-state index contributed by atoms with van der Waals surface area (Å²) in [5.41, 5.74) is 0.606. The summed E-state index contributed by atoms with van der Waals surface area (Å²) in [5, 5.41) is 0.0143. The SMILES string of the molecule is O=C(CCNS(=O)(=O)c1c(Cl)cccc1Cl)OCc1ccccn1. The van der Waals surface area contributed by atoms with Crippen LogP contribution in [0.4, 0.5) is 0 Å². The number of nitrogens with zero attached hydrogens (tertiary/aromatic N) is 1. The highest BCUT2D eigenvalue weighted by atomic mass is 35.5. The standard InChI is InChI=1S/C15H14Cl2N2O4S/c16-12-5-3-6-13(17)15(12)24(21,22)19-9-7-14(20)23-10-11-4-1-2-8-18-11/h1-6,8,19H,7,9-10H2. The van der Waals surface area contributed by atoms with Crippen molar-refractivity contribution >= 4 is 39.2 Å². The van der Waals surface area contributed by atoms with Gasteiger partial charge in [0, 0.05) is 12.7 Å². The van der Waals surface area contributed by atoms with Gasteiger partial charge in [0.15, 0.2) is 0 Å². The number of carbonyl (C=O) groups is 1. The molecule has 2 aromatic rings. The van der Waals surface area contributed by atoms with Gasteiger partial charge >= 0.3 is 5.97 Å². The van der Waals surface area contributed by atoms with Crippen LogP contribution in [0.1, 0.15) is 12.1 Å². The van der Waals surface area contributed by atoms with E-state index in [1.54, 1.807) is 30.5 Å². The van der Waals surface area contributed by atoms with Crippen LogP contribution in [0.2, 0.25) is 10.0 Å². The number of nitrogens with one attached hydrogen (secondary N) is 1. The Morgan fingerprint density at radius 1 is 1.12 bits per heavy atom. The van der Waals surface area contributed by atoms with Crippen LogP contribution in [0, 0.1) is 0 Å². The van der Waals surface area contributed by atoms with Gasteiger partial charge < -0.3 is 4.74 Å². The van der Waals surface area contributed by atoms with Crippen molar-refractivity contribution in [2.24, 2.45) is 0 Å². The Morgan fingerprint density at radius 2 is 1.83 bits per heavy atom. The number of aromatic nitrogens is 1. The molecule has 1 heterocycles. The highest BCUT2D eigenvalue weighted by molar-refractivity contribution is 7.89. The summed E-state index contributed by atoms with van der Waals surface area (Å²) in [6.07, 6.45) is 1.46. The maximum atomic E-state index is 12.2. The van der Waals surface area contributed by atoms with Gasteiger partial charge in [-0.25, -0.2) is 13.1 Å². The second-order valence-electron chi connectivity index (χ2n) is 4.68. The average molecular weight is 389 g/mol. The number of rotatable bonds is 7. The molecule has 6 nitrogen and oxygen atoms in total. The van der Waals surface area contributed by atoms with Gasteiger partial charge in [-0.2, -0.15) is 0 Å². The minimum atomic E-state index is -3.92. The molecule has 0 spiro atoms. The van der Waals surface area contributed by atoms with Gasteiger partial charge in [0.05, 0.1) is 22.2 Å². The van der Waals surface area contributed by atoms with Crippen molar-refractivity contribution in [1.29, 1.82) is 0 Å². The largest absolute Gasteiger partial charge is 0.459 e. The Balaban J connectivity index is 1.86.